The molecule has 0 spiro atoms. The highest BCUT2D eigenvalue weighted by molar-refractivity contribution is 5.95. The van der Waals surface area contributed by atoms with Gasteiger partial charge in [-0.05, 0) is 6.07 Å². The van der Waals surface area contributed by atoms with Gasteiger partial charge in [0, 0.05) is 11.8 Å². The smallest absolute Gasteiger partial charge is 0.340 e. The summed E-state index contributed by atoms with van der Waals surface area (Å²) < 4.78 is 45.9. The fraction of sp³-hybridized carbons (Fsp3) is 0.300. The second-order valence-electron chi connectivity index (χ2n) is 3.06. The summed E-state index contributed by atoms with van der Waals surface area (Å²) in [6.07, 6.45) is -2.74. The van der Waals surface area contributed by atoms with Crippen LogP contribution in [0.2, 0.25) is 0 Å². The van der Waals surface area contributed by atoms with Crippen molar-refractivity contribution in [3.63, 3.8) is 0 Å². The third-order valence-corrected chi connectivity index (χ3v) is 1.87. The van der Waals surface area contributed by atoms with E-state index in [0.717, 1.165) is 19.2 Å². The number of nitrogen functional groups attached to an aromatic ring is 1. The fourth-order valence-corrected chi connectivity index (χ4v) is 1.12. The molecule has 4 nitrogen and oxygen atoms in total. The topological polar surface area (TPSA) is 61.5 Å². The van der Waals surface area contributed by atoms with Gasteiger partial charge in [0.1, 0.15) is 6.61 Å². The molecule has 0 aliphatic heterocycles. The van der Waals surface area contributed by atoms with Gasteiger partial charge in [0.15, 0.2) is 11.6 Å². The Morgan fingerprint density at radius 2 is 2.12 bits per heavy atom. The standard InChI is InChI=1S/C10H10F3NO3/c1-16-10(15)5-2-8(17-4-9(12)13)6(11)3-7(5)14/h2-3,9H,4,14H2,1H3. The largest absolute Gasteiger partial charge is 0.485 e. The lowest BCUT2D eigenvalue weighted by Crippen LogP contribution is -2.11. The van der Waals surface area contributed by atoms with Crippen LogP contribution in [-0.2, 0) is 4.74 Å². The molecule has 94 valence electrons. The lowest BCUT2D eigenvalue weighted by atomic mass is 10.1. The quantitative estimate of drug-likeness (QED) is 0.653. The second-order valence-corrected chi connectivity index (χ2v) is 3.06. The average Bonchev–Trinajstić information content (AvgIpc) is 2.26. The lowest BCUT2D eigenvalue weighted by Gasteiger charge is -2.10. The molecule has 2 N–H and O–H groups in total. The van der Waals surface area contributed by atoms with Crippen LogP contribution >= 0.6 is 0 Å². The first-order valence-electron chi connectivity index (χ1n) is 4.54. The number of hydrogen-bond donors (Lipinski definition) is 1. The van der Waals surface area contributed by atoms with E-state index in [1.54, 1.807) is 0 Å². The van der Waals surface area contributed by atoms with Crippen LogP contribution in [0.1, 0.15) is 10.4 Å². The van der Waals surface area contributed by atoms with Gasteiger partial charge in [0.2, 0.25) is 0 Å². The van der Waals surface area contributed by atoms with Crippen molar-refractivity contribution in [2.24, 2.45) is 0 Å². The van der Waals surface area contributed by atoms with Gasteiger partial charge >= 0.3 is 5.97 Å². The van der Waals surface area contributed by atoms with Gasteiger partial charge < -0.3 is 15.2 Å². The number of benzene rings is 1. The maximum absolute atomic E-state index is 13.2. The maximum Gasteiger partial charge on any atom is 0.340 e. The molecular formula is C10H10F3NO3. The lowest BCUT2D eigenvalue weighted by molar-refractivity contribution is 0.0600. The zero-order valence-corrected chi connectivity index (χ0v) is 8.88. The Morgan fingerprint density at radius 1 is 1.47 bits per heavy atom. The van der Waals surface area contributed by atoms with Gasteiger partial charge in [0.25, 0.3) is 6.43 Å². The summed E-state index contributed by atoms with van der Waals surface area (Å²) in [5.74, 6) is -2.19. The summed E-state index contributed by atoms with van der Waals surface area (Å²) in [5.41, 5.74) is 5.08. The van der Waals surface area contributed by atoms with E-state index in [9.17, 15) is 18.0 Å². The molecule has 0 aliphatic rings. The highest BCUT2D eigenvalue weighted by atomic mass is 19.3. The summed E-state index contributed by atoms with van der Waals surface area (Å²) >= 11 is 0. The Morgan fingerprint density at radius 3 is 2.65 bits per heavy atom. The zero-order valence-electron chi connectivity index (χ0n) is 8.88. The highest BCUT2D eigenvalue weighted by Crippen LogP contribution is 2.25. The van der Waals surface area contributed by atoms with Crippen molar-refractivity contribution in [1.29, 1.82) is 0 Å². The highest BCUT2D eigenvalue weighted by Gasteiger charge is 2.16. The number of halogens is 3. The third kappa shape index (κ3) is 3.27. The van der Waals surface area contributed by atoms with Gasteiger partial charge in [-0.25, -0.2) is 18.0 Å². The number of ether oxygens (including phenoxy) is 2. The normalized spacial score (nSPS) is 10.4. The van der Waals surface area contributed by atoms with Crippen molar-refractivity contribution in [3.8, 4) is 5.75 Å². The van der Waals surface area contributed by atoms with E-state index in [4.69, 9.17) is 5.73 Å². The molecule has 0 heterocycles. The van der Waals surface area contributed by atoms with E-state index in [2.05, 4.69) is 9.47 Å². The van der Waals surface area contributed by atoms with Gasteiger partial charge in [-0.3, -0.25) is 0 Å². The minimum Gasteiger partial charge on any atom is -0.485 e. The van der Waals surface area contributed by atoms with E-state index in [1.165, 1.54) is 0 Å². The number of carbonyl (C=O) groups excluding carboxylic acids is 1. The second kappa shape index (κ2) is 5.42. The number of esters is 1. The van der Waals surface area contributed by atoms with Gasteiger partial charge in [0.05, 0.1) is 12.7 Å². The van der Waals surface area contributed by atoms with Crippen LogP contribution < -0.4 is 10.5 Å². The molecule has 1 aromatic rings. The molecule has 1 rings (SSSR count). The molecule has 7 heteroatoms. The minimum atomic E-state index is -2.74. The monoisotopic (exact) mass is 249 g/mol. The first kappa shape index (κ1) is 13.1. The SMILES string of the molecule is COC(=O)c1cc(OCC(F)F)c(F)cc1N. The van der Waals surface area contributed by atoms with E-state index in [-0.39, 0.29) is 11.3 Å². The van der Waals surface area contributed by atoms with Crippen molar-refractivity contribution in [2.75, 3.05) is 19.5 Å². The number of alkyl halides is 2. The number of nitrogens with two attached hydrogens (primary N) is 1. The summed E-state index contributed by atoms with van der Waals surface area (Å²) in [4.78, 5) is 11.2. The number of anilines is 1. The molecule has 0 amide bonds. The van der Waals surface area contributed by atoms with Crippen molar-refractivity contribution in [2.45, 2.75) is 6.43 Å². The van der Waals surface area contributed by atoms with Gasteiger partial charge in [-0.15, -0.1) is 0 Å². The van der Waals surface area contributed by atoms with E-state index >= 15 is 0 Å². The Labute approximate surface area is 95.1 Å². The van der Waals surface area contributed by atoms with E-state index < -0.39 is 30.6 Å². The Balaban J connectivity index is 3.01. The predicted molar refractivity (Wildman–Crippen MR) is 53.7 cm³/mol. The van der Waals surface area contributed by atoms with E-state index in [0.29, 0.717) is 0 Å². The molecule has 0 radical (unpaired) electrons. The molecule has 1 aromatic carbocycles. The third-order valence-electron chi connectivity index (χ3n) is 1.87. The summed E-state index contributed by atoms with van der Waals surface area (Å²) in [5, 5.41) is 0. The fourth-order valence-electron chi connectivity index (χ4n) is 1.12. The van der Waals surface area contributed by atoms with Crippen molar-refractivity contribution < 1.29 is 27.4 Å². The summed E-state index contributed by atoms with van der Waals surface area (Å²) in [6, 6.07) is 1.74. The van der Waals surface area contributed by atoms with Crippen molar-refractivity contribution in [1.82, 2.24) is 0 Å². The van der Waals surface area contributed by atoms with Crippen LogP contribution in [0.25, 0.3) is 0 Å². The minimum absolute atomic E-state index is 0.141. The Kier molecular flexibility index (Phi) is 4.19. The molecule has 0 aliphatic carbocycles. The van der Waals surface area contributed by atoms with Crippen molar-refractivity contribution >= 4 is 11.7 Å². The van der Waals surface area contributed by atoms with Crippen molar-refractivity contribution in [3.05, 3.63) is 23.5 Å². The molecule has 17 heavy (non-hydrogen) atoms. The summed E-state index contributed by atoms with van der Waals surface area (Å²) in [7, 11) is 1.12. The molecule has 0 fully saturated rings. The van der Waals surface area contributed by atoms with Crippen LogP contribution in [-0.4, -0.2) is 26.1 Å². The molecule has 0 saturated carbocycles. The first-order valence-corrected chi connectivity index (χ1v) is 4.54. The van der Waals surface area contributed by atoms with Crippen LogP contribution in [0.15, 0.2) is 12.1 Å². The first-order chi connectivity index (χ1) is 7.95. The van der Waals surface area contributed by atoms with Crippen LogP contribution in [0.5, 0.6) is 5.75 Å². The molecule has 0 aromatic heterocycles. The molecule has 0 atom stereocenters. The zero-order chi connectivity index (χ0) is 13.0. The Hall–Kier alpha value is -1.92. The van der Waals surface area contributed by atoms with Gasteiger partial charge in [-0.2, -0.15) is 0 Å². The Bertz CT molecular complexity index is 424. The van der Waals surface area contributed by atoms with Crippen LogP contribution in [0.4, 0.5) is 18.9 Å². The van der Waals surface area contributed by atoms with E-state index in [1.807, 2.05) is 0 Å². The number of methoxy groups -OCH3 is 1. The molecular weight excluding hydrogens is 239 g/mol. The van der Waals surface area contributed by atoms with Gasteiger partial charge in [-0.1, -0.05) is 0 Å². The number of hydrogen-bond acceptors (Lipinski definition) is 4. The van der Waals surface area contributed by atoms with Crippen LogP contribution in [0, 0.1) is 5.82 Å². The number of rotatable bonds is 4. The number of carbonyl (C=O) groups is 1. The molecule has 0 saturated heterocycles. The predicted octanol–water partition coefficient (Wildman–Crippen LogP) is 1.84. The van der Waals surface area contributed by atoms with Crippen LogP contribution in [0.3, 0.4) is 0 Å². The maximum atomic E-state index is 13.2. The molecule has 0 unspecified atom stereocenters. The summed E-state index contributed by atoms with van der Waals surface area (Å²) in [6.45, 7) is -0.971. The average molecular weight is 249 g/mol. The molecule has 0 bridgehead atoms.